The first kappa shape index (κ1) is 47.7. The summed E-state index contributed by atoms with van der Waals surface area (Å²) in [5.41, 5.74) is 16.5. The van der Waals surface area contributed by atoms with Crippen molar-refractivity contribution in [1.29, 1.82) is 0 Å². The van der Waals surface area contributed by atoms with Crippen LogP contribution in [-0.4, -0.2) is 66.6 Å². The van der Waals surface area contributed by atoms with Crippen LogP contribution in [0, 0.1) is 13.8 Å². The molecule has 0 saturated heterocycles. The van der Waals surface area contributed by atoms with Gasteiger partial charge in [-0.25, -0.2) is 10.2 Å². The third kappa shape index (κ3) is 18.5. The molecule has 0 radical (unpaired) electrons. The molecule has 2 atom stereocenters. The van der Waals surface area contributed by atoms with E-state index in [-0.39, 0.29) is 30.3 Å². The zero-order valence-corrected chi connectivity index (χ0v) is 34.6. The summed E-state index contributed by atoms with van der Waals surface area (Å²) in [6.45, 7) is 19.1. The second-order valence-corrected chi connectivity index (χ2v) is 16.8. The lowest BCUT2D eigenvalue weighted by Gasteiger charge is -2.30. The van der Waals surface area contributed by atoms with E-state index >= 15 is 0 Å². The highest BCUT2D eigenvalue weighted by atomic mass is 31.2. The molecule has 0 aliphatic heterocycles. The van der Waals surface area contributed by atoms with Gasteiger partial charge in [0.05, 0.1) is 12.2 Å². The fourth-order valence-electron chi connectivity index (χ4n) is 5.56. The minimum atomic E-state index is -3.82. The lowest BCUT2D eigenvalue weighted by molar-refractivity contribution is -0.150. The second kappa shape index (κ2) is 24.2. The number of rotatable bonds is 22. The SMILES string of the molecule is CC(C)=O.Cc1cc(OCP(=O)(NC(CCCCN)C(=O)OC(C)C)NC(CCCCN)C(=O)OC(C)C)cc(C)c1Cc1ccc(O)c(C(C)C)c1. The van der Waals surface area contributed by atoms with Crippen molar-refractivity contribution >= 4 is 25.2 Å². The minimum Gasteiger partial charge on any atom is -0.508 e. The Morgan fingerprint density at radius 1 is 0.774 bits per heavy atom. The highest BCUT2D eigenvalue weighted by Crippen LogP contribution is 2.40. The van der Waals surface area contributed by atoms with Crippen molar-refractivity contribution < 1.29 is 38.3 Å². The summed E-state index contributed by atoms with van der Waals surface area (Å²) in [6, 6.07) is 7.66. The average molecular weight is 763 g/mol. The van der Waals surface area contributed by atoms with Gasteiger partial charge in [-0.1, -0.05) is 38.8 Å². The Balaban J connectivity index is 0.00000333. The van der Waals surface area contributed by atoms with Crippen molar-refractivity contribution in [2.24, 2.45) is 11.5 Å². The van der Waals surface area contributed by atoms with E-state index in [0.29, 0.717) is 69.5 Å². The lowest BCUT2D eigenvalue weighted by Crippen LogP contribution is -2.46. The molecule has 0 spiro atoms. The molecule has 0 saturated carbocycles. The normalized spacial score (nSPS) is 13.6. The molecule has 0 heterocycles. The van der Waals surface area contributed by atoms with Gasteiger partial charge >= 0.3 is 11.9 Å². The standard InChI is InChI=1S/C37H61N4O7P.C3H6O/c1-24(2)31-21-29(15-16-35(31)42)22-32-27(7)19-30(20-28(32)8)46-23-49(45,40-33(13-9-11-17-38)36(43)47-25(3)4)41-34(14-10-12-18-39)37(44)48-26(5)6;1-3(2)4/h15-16,19-21,24-26,33-34,42H,9-14,17-18,22-23,38-39H2,1-8H3,(H2,40,41,45);1-2H3. The number of phenolic OH excluding ortho intramolecular Hbond substituents is 1. The molecular weight excluding hydrogens is 695 g/mol. The highest BCUT2D eigenvalue weighted by Gasteiger charge is 2.36. The number of carbonyl (C=O) groups excluding carboxylic acids is 3. The molecule has 53 heavy (non-hydrogen) atoms. The summed E-state index contributed by atoms with van der Waals surface area (Å²) >= 11 is 0. The summed E-state index contributed by atoms with van der Waals surface area (Å²) in [6.07, 6.45) is 2.84. The summed E-state index contributed by atoms with van der Waals surface area (Å²) in [7, 11) is -3.82. The molecule has 0 bridgehead atoms. The molecule has 7 N–H and O–H groups in total. The number of phenols is 1. The van der Waals surface area contributed by atoms with Gasteiger partial charge in [-0.2, -0.15) is 0 Å². The van der Waals surface area contributed by atoms with Crippen molar-refractivity contribution in [2.45, 2.75) is 144 Å². The molecule has 2 aromatic carbocycles. The summed E-state index contributed by atoms with van der Waals surface area (Å²) < 4.78 is 32.1. The number of aryl methyl sites for hydroxylation is 2. The number of Topliss-reactive ketones (excluding diaryl/α,β-unsaturated/α-hetero) is 1. The van der Waals surface area contributed by atoms with Gasteiger partial charge in [-0.05, 0) is 153 Å². The maximum Gasteiger partial charge on any atom is 0.323 e. The first-order valence-corrected chi connectivity index (χ1v) is 20.7. The number of nitrogens with two attached hydrogens (primary N) is 2. The van der Waals surface area contributed by atoms with Crippen molar-refractivity contribution in [3.63, 3.8) is 0 Å². The molecule has 300 valence electrons. The van der Waals surface area contributed by atoms with Crippen LogP contribution in [0.2, 0.25) is 0 Å². The molecule has 0 amide bonds. The number of hydrogen-bond acceptors (Lipinski definition) is 10. The molecule has 0 aromatic heterocycles. The zero-order valence-electron chi connectivity index (χ0n) is 33.8. The number of esters is 2. The molecular formula is C40H67N4O8P. The van der Waals surface area contributed by atoms with Gasteiger partial charge in [0.2, 0.25) is 7.44 Å². The van der Waals surface area contributed by atoms with Gasteiger partial charge in [0.1, 0.15) is 29.4 Å². The third-order valence-electron chi connectivity index (χ3n) is 8.07. The van der Waals surface area contributed by atoms with Crippen molar-refractivity contribution in [3.05, 3.63) is 58.1 Å². The second-order valence-electron chi connectivity index (χ2n) is 14.6. The largest absolute Gasteiger partial charge is 0.508 e. The topological polar surface area (TPSA) is 192 Å². The molecule has 12 nitrogen and oxygen atoms in total. The number of aromatic hydroxyl groups is 1. The maximum absolute atomic E-state index is 14.8. The number of hydrogen-bond donors (Lipinski definition) is 5. The summed E-state index contributed by atoms with van der Waals surface area (Å²) in [5, 5.41) is 16.4. The fourth-order valence-corrected chi connectivity index (χ4v) is 7.59. The molecule has 13 heteroatoms. The monoisotopic (exact) mass is 762 g/mol. The third-order valence-corrected chi connectivity index (χ3v) is 10.0. The first-order chi connectivity index (χ1) is 24.8. The number of nitrogens with one attached hydrogen (secondary N) is 2. The lowest BCUT2D eigenvalue weighted by atomic mass is 9.93. The van der Waals surface area contributed by atoms with Gasteiger partial charge in [0.15, 0.2) is 6.35 Å². The predicted molar refractivity (Wildman–Crippen MR) is 212 cm³/mol. The zero-order chi connectivity index (χ0) is 40.3. The number of ether oxygens (including phenoxy) is 3. The van der Waals surface area contributed by atoms with Crippen molar-refractivity contribution in [2.75, 3.05) is 19.4 Å². The minimum absolute atomic E-state index is 0.167. The number of benzene rings is 2. The average Bonchev–Trinajstić information content (AvgIpc) is 3.04. The predicted octanol–water partition coefficient (Wildman–Crippen LogP) is 6.93. The van der Waals surface area contributed by atoms with Gasteiger partial charge < -0.3 is 35.6 Å². The van der Waals surface area contributed by atoms with Crippen LogP contribution in [0.1, 0.15) is 128 Å². The Labute approximate surface area is 318 Å². The van der Waals surface area contributed by atoms with E-state index in [1.807, 2.05) is 38.1 Å². The van der Waals surface area contributed by atoms with E-state index in [4.69, 9.17) is 25.7 Å². The van der Waals surface area contributed by atoms with Crippen LogP contribution in [0.5, 0.6) is 11.5 Å². The molecule has 2 unspecified atom stereocenters. The van der Waals surface area contributed by atoms with Gasteiger partial charge in [-0.3, -0.25) is 14.2 Å². The van der Waals surface area contributed by atoms with E-state index in [9.17, 15) is 24.1 Å². The molecule has 0 fully saturated rings. The van der Waals surface area contributed by atoms with E-state index in [1.54, 1.807) is 33.8 Å². The van der Waals surface area contributed by atoms with Gasteiger partial charge in [-0.15, -0.1) is 0 Å². The van der Waals surface area contributed by atoms with E-state index in [0.717, 1.165) is 27.8 Å². The number of ketones is 1. The maximum atomic E-state index is 14.8. The van der Waals surface area contributed by atoms with Crippen LogP contribution in [-0.2, 0) is 34.8 Å². The van der Waals surface area contributed by atoms with Crippen LogP contribution in [0.25, 0.3) is 0 Å². The van der Waals surface area contributed by atoms with Gasteiger partial charge in [0, 0.05) is 0 Å². The Morgan fingerprint density at radius 2 is 1.23 bits per heavy atom. The quantitative estimate of drug-likeness (QED) is 0.0473. The molecule has 2 rings (SSSR count). The smallest absolute Gasteiger partial charge is 0.323 e. The Kier molecular flexibility index (Phi) is 21.8. The van der Waals surface area contributed by atoms with Crippen LogP contribution in [0.15, 0.2) is 30.3 Å². The van der Waals surface area contributed by atoms with E-state index in [1.165, 1.54) is 13.8 Å². The number of unbranched alkanes of at least 4 members (excludes halogenated alkanes) is 2. The Morgan fingerprint density at radius 3 is 1.62 bits per heavy atom. The van der Waals surface area contributed by atoms with E-state index < -0.39 is 31.5 Å². The van der Waals surface area contributed by atoms with Crippen LogP contribution in [0.4, 0.5) is 0 Å². The molecule has 0 aliphatic rings. The Hall–Kier alpha value is -3.28. The van der Waals surface area contributed by atoms with Crippen molar-refractivity contribution in [1.82, 2.24) is 10.2 Å². The van der Waals surface area contributed by atoms with E-state index in [2.05, 4.69) is 24.0 Å². The van der Waals surface area contributed by atoms with Gasteiger partial charge in [0.25, 0.3) is 0 Å². The van der Waals surface area contributed by atoms with Crippen LogP contribution < -0.4 is 26.4 Å². The first-order valence-electron chi connectivity index (χ1n) is 18.8. The Bertz CT molecular complexity index is 1430. The van der Waals surface area contributed by atoms with Crippen LogP contribution in [0.3, 0.4) is 0 Å². The highest BCUT2D eigenvalue weighted by molar-refractivity contribution is 7.59. The molecule has 0 aliphatic carbocycles. The van der Waals surface area contributed by atoms with Crippen molar-refractivity contribution in [3.8, 4) is 11.5 Å². The summed E-state index contributed by atoms with van der Waals surface area (Å²) in [4.78, 5) is 35.9. The fraction of sp³-hybridized carbons (Fsp3) is 0.625. The molecule has 2 aromatic rings. The van der Waals surface area contributed by atoms with Crippen LogP contribution >= 0.6 is 7.44 Å². The summed E-state index contributed by atoms with van der Waals surface area (Å²) in [5.74, 6) is 0.0790. The number of carbonyl (C=O) groups is 3.